The van der Waals surface area contributed by atoms with E-state index in [2.05, 4.69) is 27.2 Å². The summed E-state index contributed by atoms with van der Waals surface area (Å²) in [6.07, 6.45) is 5.08. The fourth-order valence-corrected chi connectivity index (χ4v) is 2.91. The van der Waals surface area contributed by atoms with Crippen LogP contribution in [0.3, 0.4) is 0 Å². The lowest BCUT2D eigenvalue weighted by Crippen LogP contribution is -2.28. The lowest BCUT2D eigenvalue weighted by Gasteiger charge is -2.05. The Morgan fingerprint density at radius 3 is 2.15 bits per heavy atom. The lowest BCUT2D eigenvalue weighted by molar-refractivity contribution is 0.0951. The molecule has 4 aromatic rings. The molecule has 0 spiro atoms. The fraction of sp³-hybridized carbons (Fsp3) is 0.120. The molecule has 168 valence electrons. The summed E-state index contributed by atoms with van der Waals surface area (Å²) in [7, 11) is 0. The number of rotatable bonds is 7. The third kappa shape index (κ3) is 6.59. The molecular formula is C25H24N4O4. The van der Waals surface area contributed by atoms with Gasteiger partial charge in [0.05, 0.1) is 16.8 Å². The van der Waals surface area contributed by atoms with Gasteiger partial charge in [0.15, 0.2) is 5.56 Å². The molecular weight excluding hydrogens is 420 g/mol. The normalized spacial score (nSPS) is 10.2. The highest BCUT2D eigenvalue weighted by atomic mass is 16.4. The number of carbonyl (C=O) groups excluding carboxylic acids is 1. The predicted molar refractivity (Wildman–Crippen MR) is 126 cm³/mol. The molecule has 0 aliphatic heterocycles. The Labute approximate surface area is 190 Å². The summed E-state index contributed by atoms with van der Waals surface area (Å²) in [6, 6.07) is 18.3. The Morgan fingerprint density at radius 1 is 0.970 bits per heavy atom. The minimum absolute atomic E-state index is 0.199. The first-order valence-electron chi connectivity index (χ1n) is 10.2. The number of pyridine rings is 2. The maximum Gasteiger partial charge on any atom is 0.353 e. The van der Waals surface area contributed by atoms with E-state index in [9.17, 15) is 14.7 Å². The first kappa shape index (κ1) is 23.4. The van der Waals surface area contributed by atoms with Gasteiger partial charge in [-0.15, -0.1) is 6.58 Å². The van der Waals surface area contributed by atoms with E-state index in [0.29, 0.717) is 5.39 Å². The molecule has 3 N–H and O–H groups in total. The zero-order valence-corrected chi connectivity index (χ0v) is 17.9. The third-order valence-electron chi connectivity index (χ3n) is 4.48. The van der Waals surface area contributed by atoms with Crippen molar-refractivity contribution in [3.05, 3.63) is 113 Å². The molecule has 0 saturated carbocycles. The van der Waals surface area contributed by atoms with E-state index < -0.39 is 17.1 Å². The van der Waals surface area contributed by atoms with Gasteiger partial charge in [-0.3, -0.25) is 14.8 Å². The Morgan fingerprint density at radius 2 is 1.58 bits per heavy atom. The number of para-hydroxylation sites is 1. The number of nitrogens with zero attached hydrogens (tertiary/aromatic N) is 2. The number of carbonyl (C=O) groups is 1. The van der Waals surface area contributed by atoms with Crippen LogP contribution in [0.15, 0.2) is 94.9 Å². The van der Waals surface area contributed by atoms with E-state index in [1.54, 1.807) is 36.7 Å². The smallest absolute Gasteiger partial charge is 0.353 e. The molecule has 1 amide bonds. The van der Waals surface area contributed by atoms with Crippen molar-refractivity contribution in [2.24, 2.45) is 0 Å². The van der Waals surface area contributed by atoms with E-state index in [4.69, 9.17) is 4.42 Å². The molecule has 3 heterocycles. The molecule has 3 aromatic heterocycles. The molecule has 0 unspecified atom stereocenters. The Balaban J connectivity index is 0.000000189. The van der Waals surface area contributed by atoms with Crippen LogP contribution in [-0.2, 0) is 13.1 Å². The second kappa shape index (κ2) is 11.9. The molecule has 0 aliphatic carbocycles. The molecule has 8 heteroatoms. The summed E-state index contributed by atoms with van der Waals surface area (Å²) in [6.45, 7) is 5.19. The molecule has 0 radical (unpaired) electrons. The summed E-state index contributed by atoms with van der Waals surface area (Å²) < 4.78 is 4.97. The summed E-state index contributed by atoms with van der Waals surface area (Å²) in [5.41, 5.74) is 1.07. The van der Waals surface area contributed by atoms with Crippen LogP contribution >= 0.6 is 0 Å². The van der Waals surface area contributed by atoms with Crippen LogP contribution < -0.4 is 16.3 Å². The highest BCUT2D eigenvalue weighted by Crippen LogP contribution is 2.25. The van der Waals surface area contributed by atoms with Crippen LogP contribution in [0.1, 0.15) is 21.7 Å². The highest BCUT2D eigenvalue weighted by molar-refractivity contribution is 6.01. The third-order valence-corrected chi connectivity index (χ3v) is 4.48. The van der Waals surface area contributed by atoms with E-state index in [0.717, 1.165) is 24.5 Å². The largest absolute Gasteiger partial charge is 0.506 e. The molecule has 0 atom stereocenters. The SMILES string of the molecule is C=CCNC(=O)c1c(O)c2ccccc2oc1=O.c1ccc(CNCc2ccccn2)nc1. The zero-order valence-electron chi connectivity index (χ0n) is 17.9. The van der Waals surface area contributed by atoms with Crippen molar-refractivity contribution < 1.29 is 14.3 Å². The van der Waals surface area contributed by atoms with Crippen LogP contribution in [0.5, 0.6) is 5.75 Å². The summed E-state index contributed by atoms with van der Waals surface area (Å²) in [4.78, 5) is 31.8. The van der Waals surface area contributed by atoms with E-state index in [-0.39, 0.29) is 17.9 Å². The van der Waals surface area contributed by atoms with Gasteiger partial charge in [-0.2, -0.15) is 0 Å². The fourth-order valence-electron chi connectivity index (χ4n) is 2.91. The molecule has 0 saturated heterocycles. The van der Waals surface area contributed by atoms with Crippen LogP contribution in [-0.4, -0.2) is 27.5 Å². The summed E-state index contributed by atoms with van der Waals surface area (Å²) in [5, 5.41) is 16.0. The predicted octanol–water partition coefficient (Wildman–Crippen LogP) is 3.18. The average molecular weight is 444 g/mol. The van der Waals surface area contributed by atoms with E-state index in [1.807, 2.05) is 36.4 Å². The van der Waals surface area contributed by atoms with Gasteiger partial charge < -0.3 is 20.2 Å². The Kier molecular flexibility index (Phi) is 8.44. The highest BCUT2D eigenvalue weighted by Gasteiger charge is 2.19. The molecule has 0 fully saturated rings. The number of aromatic nitrogens is 2. The van der Waals surface area contributed by atoms with Crippen LogP contribution in [0.2, 0.25) is 0 Å². The maximum atomic E-state index is 11.7. The molecule has 1 aromatic carbocycles. The van der Waals surface area contributed by atoms with Gasteiger partial charge in [0.2, 0.25) is 0 Å². The molecule has 0 aliphatic rings. The minimum Gasteiger partial charge on any atom is -0.506 e. The van der Waals surface area contributed by atoms with Crippen molar-refractivity contribution in [1.29, 1.82) is 0 Å². The van der Waals surface area contributed by atoms with Crippen molar-refractivity contribution in [1.82, 2.24) is 20.6 Å². The van der Waals surface area contributed by atoms with Crippen LogP contribution in [0.4, 0.5) is 0 Å². The van der Waals surface area contributed by atoms with Gasteiger partial charge in [-0.1, -0.05) is 30.3 Å². The molecule has 4 rings (SSSR count). The van der Waals surface area contributed by atoms with E-state index in [1.165, 1.54) is 6.08 Å². The lowest BCUT2D eigenvalue weighted by atomic mass is 10.1. The van der Waals surface area contributed by atoms with Gasteiger partial charge >= 0.3 is 5.63 Å². The number of hydrogen-bond acceptors (Lipinski definition) is 7. The number of hydrogen-bond donors (Lipinski definition) is 3. The number of amides is 1. The molecule has 0 bridgehead atoms. The van der Waals surface area contributed by atoms with Gasteiger partial charge in [-0.05, 0) is 36.4 Å². The van der Waals surface area contributed by atoms with Gasteiger partial charge in [0.25, 0.3) is 5.91 Å². The van der Waals surface area contributed by atoms with Crippen molar-refractivity contribution in [2.45, 2.75) is 13.1 Å². The van der Waals surface area contributed by atoms with Gasteiger partial charge in [-0.25, -0.2) is 4.79 Å². The minimum atomic E-state index is -0.868. The number of aromatic hydroxyl groups is 1. The first-order chi connectivity index (χ1) is 16.1. The number of fused-ring (bicyclic) bond motifs is 1. The van der Waals surface area contributed by atoms with Crippen LogP contribution in [0.25, 0.3) is 11.0 Å². The van der Waals surface area contributed by atoms with E-state index >= 15 is 0 Å². The first-order valence-corrected chi connectivity index (χ1v) is 10.2. The van der Waals surface area contributed by atoms with Gasteiger partial charge in [0.1, 0.15) is 11.3 Å². The van der Waals surface area contributed by atoms with Crippen molar-refractivity contribution in [3.63, 3.8) is 0 Å². The number of nitrogens with one attached hydrogen (secondary N) is 2. The Hall–Kier alpha value is -4.30. The monoisotopic (exact) mass is 444 g/mol. The topological polar surface area (TPSA) is 117 Å². The zero-order chi connectivity index (χ0) is 23.5. The summed E-state index contributed by atoms with van der Waals surface area (Å²) in [5.74, 6) is -1.06. The quantitative estimate of drug-likeness (QED) is 0.296. The summed E-state index contributed by atoms with van der Waals surface area (Å²) >= 11 is 0. The standard InChI is InChI=1S/C13H11NO4.C12H13N3/c1-2-7-14-12(16)10-11(15)8-5-3-4-6-9(8)18-13(10)17;1-3-7-14-11(5-1)9-13-10-12-6-2-4-8-15-12/h2-6,15H,1,7H2,(H,14,16);1-8,13H,9-10H2. The van der Waals surface area contributed by atoms with Crippen molar-refractivity contribution >= 4 is 16.9 Å². The molecule has 8 nitrogen and oxygen atoms in total. The number of benzene rings is 1. The van der Waals surface area contributed by atoms with Gasteiger partial charge in [0, 0.05) is 32.0 Å². The second-order valence-corrected chi connectivity index (χ2v) is 6.85. The van der Waals surface area contributed by atoms with Crippen molar-refractivity contribution in [2.75, 3.05) is 6.54 Å². The average Bonchev–Trinajstić information content (AvgIpc) is 2.84. The van der Waals surface area contributed by atoms with Crippen LogP contribution in [0, 0.1) is 0 Å². The maximum absolute atomic E-state index is 11.7. The second-order valence-electron chi connectivity index (χ2n) is 6.85. The molecule has 33 heavy (non-hydrogen) atoms. The Bertz CT molecular complexity index is 1220. The van der Waals surface area contributed by atoms with Crippen molar-refractivity contribution in [3.8, 4) is 5.75 Å².